The van der Waals surface area contributed by atoms with E-state index in [0.717, 1.165) is 57.4 Å². The van der Waals surface area contributed by atoms with Crippen molar-refractivity contribution < 1.29 is 14.3 Å². The number of nitrogens with zero attached hydrogens (tertiary/aromatic N) is 3. The molecule has 4 rings (SSSR count). The van der Waals surface area contributed by atoms with Crippen LogP contribution in [-0.2, 0) is 14.3 Å². The van der Waals surface area contributed by atoms with Gasteiger partial charge in [-0.1, -0.05) is 36.6 Å². The number of halogens is 1. The van der Waals surface area contributed by atoms with Crippen molar-refractivity contribution in [1.82, 2.24) is 14.7 Å². The van der Waals surface area contributed by atoms with Crippen LogP contribution < -0.4 is 0 Å². The lowest BCUT2D eigenvalue weighted by molar-refractivity contribution is -0.148. The average molecular weight is 434 g/mol. The molecular weight excluding hydrogens is 402 g/mol. The number of carbonyl (C=O) groups is 2. The zero-order valence-electron chi connectivity index (χ0n) is 17.8. The number of carbonyl (C=O) groups excluding carboxylic acids is 2. The van der Waals surface area contributed by atoms with Crippen LogP contribution in [0.25, 0.3) is 0 Å². The smallest absolute Gasteiger partial charge is 0.327 e. The van der Waals surface area contributed by atoms with Gasteiger partial charge in [-0.15, -0.1) is 0 Å². The van der Waals surface area contributed by atoms with Gasteiger partial charge in [-0.05, 0) is 43.4 Å². The standard InChI is InChI=1S/C23H32ClN3O3/c1-30-23(29)22(17-6-8-18(24)9-7-17)26-14-12-25(13-15-26)16-21(28)27(20-10-11-20)19-4-2-3-5-19/h6-9,19-20,22H,2-5,10-16H2,1H3. The summed E-state index contributed by atoms with van der Waals surface area (Å²) in [5.74, 6) is 0.0306. The third-order valence-electron chi connectivity index (χ3n) is 6.69. The van der Waals surface area contributed by atoms with E-state index in [1.165, 1.54) is 20.0 Å². The number of hydrogen-bond donors (Lipinski definition) is 0. The van der Waals surface area contributed by atoms with Crippen molar-refractivity contribution in [1.29, 1.82) is 0 Å². The number of esters is 1. The minimum atomic E-state index is -0.438. The van der Waals surface area contributed by atoms with Crippen LogP contribution in [-0.4, -0.2) is 78.5 Å². The Morgan fingerprint density at radius 1 is 1.03 bits per heavy atom. The van der Waals surface area contributed by atoms with Crippen molar-refractivity contribution in [3.63, 3.8) is 0 Å². The fourth-order valence-electron chi connectivity index (χ4n) is 4.95. The molecule has 164 valence electrons. The monoisotopic (exact) mass is 433 g/mol. The number of methoxy groups -OCH3 is 1. The molecule has 2 aliphatic carbocycles. The molecule has 6 nitrogen and oxygen atoms in total. The highest BCUT2D eigenvalue weighted by Crippen LogP contribution is 2.34. The van der Waals surface area contributed by atoms with Gasteiger partial charge >= 0.3 is 5.97 Å². The van der Waals surface area contributed by atoms with E-state index in [1.54, 1.807) is 12.1 Å². The largest absolute Gasteiger partial charge is 0.468 e. The van der Waals surface area contributed by atoms with E-state index in [4.69, 9.17) is 16.3 Å². The van der Waals surface area contributed by atoms with Crippen LogP contribution in [0.4, 0.5) is 0 Å². The molecular formula is C23H32ClN3O3. The first-order chi connectivity index (χ1) is 14.6. The van der Waals surface area contributed by atoms with E-state index >= 15 is 0 Å². The predicted molar refractivity (Wildman–Crippen MR) is 116 cm³/mol. The van der Waals surface area contributed by atoms with E-state index in [1.807, 2.05) is 12.1 Å². The number of rotatable bonds is 7. The topological polar surface area (TPSA) is 53.1 Å². The Morgan fingerprint density at radius 2 is 1.63 bits per heavy atom. The Bertz CT molecular complexity index is 739. The van der Waals surface area contributed by atoms with Gasteiger partial charge in [0.25, 0.3) is 0 Å². The highest BCUT2D eigenvalue weighted by atomic mass is 35.5. The van der Waals surface area contributed by atoms with Crippen LogP contribution in [0.15, 0.2) is 24.3 Å². The normalized spacial score (nSPS) is 22.1. The third-order valence-corrected chi connectivity index (χ3v) is 6.94. The molecule has 1 unspecified atom stereocenters. The van der Waals surface area contributed by atoms with Crippen molar-refractivity contribution in [2.24, 2.45) is 0 Å². The first kappa shape index (κ1) is 21.6. The Balaban J connectivity index is 1.35. The van der Waals surface area contributed by atoms with Gasteiger partial charge in [0.2, 0.25) is 5.91 Å². The maximum atomic E-state index is 13.1. The summed E-state index contributed by atoms with van der Waals surface area (Å²) in [5, 5.41) is 0.646. The van der Waals surface area contributed by atoms with Gasteiger partial charge in [0.15, 0.2) is 0 Å². The Morgan fingerprint density at radius 3 is 2.20 bits per heavy atom. The summed E-state index contributed by atoms with van der Waals surface area (Å²) < 4.78 is 5.08. The number of amides is 1. The molecule has 7 heteroatoms. The maximum Gasteiger partial charge on any atom is 0.327 e. The first-order valence-corrected chi connectivity index (χ1v) is 11.6. The second kappa shape index (κ2) is 9.67. The fraction of sp³-hybridized carbons (Fsp3) is 0.652. The zero-order valence-corrected chi connectivity index (χ0v) is 18.5. The Labute approximate surface area is 184 Å². The second-order valence-corrected chi connectivity index (χ2v) is 9.20. The van der Waals surface area contributed by atoms with Crippen LogP contribution in [0.1, 0.15) is 50.1 Å². The lowest BCUT2D eigenvalue weighted by atomic mass is 10.0. The van der Waals surface area contributed by atoms with Gasteiger partial charge in [0.05, 0.1) is 13.7 Å². The first-order valence-electron chi connectivity index (χ1n) is 11.2. The van der Waals surface area contributed by atoms with Gasteiger partial charge in [0.1, 0.15) is 6.04 Å². The minimum absolute atomic E-state index is 0.261. The van der Waals surface area contributed by atoms with Crippen molar-refractivity contribution >= 4 is 23.5 Å². The summed E-state index contributed by atoms with van der Waals surface area (Å²) in [5.41, 5.74) is 0.886. The summed E-state index contributed by atoms with van der Waals surface area (Å²) >= 11 is 6.01. The van der Waals surface area contributed by atoms with E-state index in [2.05, 4.69) is 14.7 Å². The zero-order chi connectivity index (χ0) is 21.1. The molecule has 0 aromatic heterocycles. The predicted octanol–water partition coefficient (Wildman–Crippen LogP) is 3.11. The summed E-state index contributed by atoms with van der Waals surface area (Å²) in [7, 11) is 1.43. The molecule has 0 bridgehead atoms. The fourth-order valence-corrected chi connectivity index (χ4v) is 5.07. The van der Waals surface area contributed by atoms with Crippen LogP contribution >= 0.6 is 11.6 Å². The Hall–Kier alpha value is -1.63. The lowest BCUT2D eigenvalue weighted by Gasteiger charge is -2.39. The summed E-state index contributed by atoms with van der Waals surface area (Å²) in [6, 6.07) is 7.88. The molecule has 30 heavy (non-hydrogen) atoms. The van der Waals surface area contributed by atoms with Crippen LogP contribution in [0.5, 0.6) is 0 Å². The molecule has 1 saturated heterocycles. The number of benzene rings is 1. The molecule has 0 N–H and O–H groups in total. The second-order valence-electron chi connectivity index (χ2n) is 8.76. The van der Waals surface area contributed by atoms with Crippen molar-refractivity contribution in [3.8, 4) is 0 Å². The van der Waals surface area contributed by atoms with Crippen molar-refractivity contribution in [2.45, 2.75) is 56.7 Å². The quantitative estimate of drug-likeness (QED) is 0.618. The summed E-state index contributed by atoms with van der Waals surface area (Å²) in [6.45, 7) is 3.49. The van der Waals surface area contributed by atoms with E-state index in [-0.39, 0.29) is 5.97 Å². The van der Waals surface area contributed by atoms with E-state index in [9.17, 15) is 9.59 Å². The summed E-state index contributed by atoms with van der Waals surface area (Å²) in [6.07, 6.45) is 7.16. The number of piperazine rings is 1. The maximum absolute atomic E-state index is 13.1. The van der Waals surface area contributed by atoms with E-state index in [0.29, 0.717) is 29.6 Å². The van der Waals surface area contributed by atoms with Gasteiger partial charge in [0, 0.05) is 43.3 Å². The number of ether oxygens (including phenoxy) is 1. The van der Waals surface area contributed by atoms with Crippen LogP contribution in [0.3, 0.4) is 0 Å². The van der Waals surface area contributed by atoms with Crippen LogP contribution in [0, 0.1) is 0 Å². The van der Waals surface area contributed by atoms with Gasteiger partial charge < -0.3 is 9.64 Å². The van der Waals surface area contributed by atoms with Gasteiger partial charge in [-0.3, -0.25) is 14.6 Å². The van der Waals surface area contributed by atoms with E-state index < -0.39 is 6.04 Å². The minimum Gasteiger partial charge on any atom is -0.468 e. The highest BCUT2D eigenvalue weighted by Gasteiger charge is 2.39. The SMILES string of the molecule is COC(=O)C(c1ccc(Cl)cc1)N1CCN(CC(=O)N(C2CCCC2)C2CC2)CC1. The molecule has 1 amide bonds. The molecule has 1 aromatic rings. The molecule has 3 aliphatic rings. The number of hydrogen-bond acceptors (Lipinski definition) is 5. The average Bonchev–Trinajstić information content (AvgIpc) is 3.44. The molecule has 0 spiro atoms. The molecule has 0 radical (unpaired) electrons. The highest BCUT2D eigenvalue weighted by molar-refractivity contribution is 6.30. The molecule has 3 fully saturated rings. The summed E-state index contributed by atoms with van der Waals surface area (Å²) in [4.78, 5) is 32.2. The third kappa shape index (κ3) is 4.98. The molecule has 1 aliphatic heterocycles. The van der Waals surface area contributed by atoms with Gasteiger partial charge in [-0.25, -0.2) is 4.79 Å². The van der Waals surface area contributed by atoms with Crippen molar-refractivity contribution in [2.75, 3.05) is 39.8 Å². The molecule has 2 saturated carbocycles. The molecule has 1 atom stereocenters. The Kier molecular flexibility index (Phi) is 6.96. The lowest BCUT2D eigenvalue weighted by Crippen LogP contribution is -2.53. The molecule has 1 heterocycles. The molecule has 1 aromatic carbocycles. The van der Waals surface area contributed by atoms with Crippen molar-refractivity contribution in [3.05, 3.63) is 34.9 Å². The van der Waals surface area contributed by atoms with Gasteiger partial charge in [-0.2, -0.15) is 0 Å². The van der Waals surface area contributed by atoms with Crippen LogP contribution in [0.2, 0.25) is 5.02 Å².